The lowest BCUT2D eigenvalue weighted by molar-refractivity contribution is 0.687. The molecule has 4 nitrogen and oxygen atoms in total. The van der Waals surface area contributed by atoms with Gasteiger partial charge in [-0.3, -0.25) is 4.57 Å². The fraction of sp³-hybridized carbons (Fsp3) is 0.333. The average molecular weight is 214 g/mol. The summed E-state index contributed by atoms with van der Waals surface area (Å²) in [6.07, 6.45) is 6.08. The van der Waals surface area contributed by atoms with Crippen LogP contribution >= 0.6 is 0 Å². The van der Waals surface area contributed by atoms with E-state index in [9.17, 15) is 0 Å². The van der Waals surface area contributed by atoms with Gasteiger partial charge >= 0.3 is 0 Å². The normalized spacial score (nSPS) is 15.2. The van der Waals surface area contributed by atoms with Gasteiger partial charge in [-0.05, 0) is 30.5 Å². The van der Waals surface area contributed by atoms with Crippen LogP contribution in [0.5, 0.6) is 0 Å². The SMILES string of the molecule is c1cc(CNC2CC2)cc(-n2cnnc2)c1. The van der Waals surface area contributed by atoms with Gasteiger partial charge in [0.15, 0.2) is 0 Å². The smallest absolute Gasteiger partial charge is 0.123 e. The Labute approximate surface area is 94.3 Å². The van der Waals surface area contributed by atoms with Crippen LogP contribution < -0.4 is 5.32 Å². The first-order valence-electron chi connectivity index (χ1n) is 5.59. The Morgan fingerprint density at radius 1 is 1.25 bits per heavy atom. The van der Waals surface area contributed by atoms with E-state index in [1.165, 1.54) is 18.4 Å². The van der Waals surface area contributed by atoms with Crippen molar-refractivity contribution in [2.45, 2.75) is 25.4 Å². The van der Waals surface area contributed by atoms with Crippen LogP contribution in [0.3, 0.4) is 0 Å². The third kappa shape index (κ3) is 2.12. The summed E-state index contributed by atoms with van der Waals surface area (Å²) in [5.41, 5.74) is 2.41. The third-order valence-electron chi connectivity index (χ3n) is 2.80. The van der Waals surface area contributed by atoms with Crippen LogP contribution in [0.4, 0.5) is 0 Å². The number of aromatic nitrogens is 3. The summed E-state index contributed by atoms with van der Waals surface area (Å²) in [5.74, 6) is 0. The van der Waals surface area contributed by atoms with Crippen molar-refractivity contribution in [2.75, 3.05) is 0 Å². The number of nitrogens with zero attached hydrogens (tertiary/aromatic N) is 3. The van der Waals surface area contributed by atoms with E-state index in [0.29, 0.717) is 0 Å². The van der Waals surface area contributed by atoms with Crippen LogP contribution in [-0.4, -0.2) is 20.8 Å². The van der Waals surface area contributed by atoms with Crippen LogP contribution in [-0.2, 0) is 6.54 Å². The van der Waals surface area contributed by atoms with Crippen LogP contribution in [0.25, 0.3) is 5.69 Å². The van der Waals surface area contributed by atoms with Crippen molar-refractivity contribution in [3.63, 3.8) is 0 Å². The van der Waals surface area contributed by atoms with E-state index < -0.39 is 0 Å². The first-order valence-corrected chi connectivity index (χ1v) is 5.59. The second kappa shape index (κ2) is 4.06. The molecular formula is C12H14N4. The number of hydrogen-bond donors (Lipinski definition) is 1. The van der Waals surface area contributed by atoms with Gasteiger partial charge < -0.3 is 5.32 Å². The minimum atomic E-state index is 0.749. The van der Waals surface area contributed by atoms with Crippen molar-refractivity contribution in [1.82, 2.24) is 20.1 Å². The topological polar surface area (TPSA) is 42.7 Å². The van der Waals surface area contributed by atoms with Gasteiger partial charge in [-0.15, -0.1) is 10.2 Å². The molecule has 0 saturated heterocycles. The molecule has 0 amide bonds. The Kier molecular flexibility index (Phi) is 2.42. The summed E-state index contributed by atoms with van der Waals surface area (Å²) in [4.78, 5) is 0. The lowest BCUT2D eigenvalue weighted by Crippen LogP contribution is -2.15. The molecule has 0 unspecified atom stereocenters. The number of rotatable bonds is 4. The Morgan fingerprint density at radius 3 is 2.81 bits per heavy atom. The summed E-state index contributed by atoms with van der Waals surface area (Å²) in [6.45, 7) is 0.945. The van der Waals surface area contributed by atoms with E-state index in [0.717, 1.165) is 18.3 Å². The Bertz CT molecular complexity index is 460. The second-order valence-corrected chi connectivity index (χ2v) is 4.19. The minimum absolute atomic E-state index is 0.749. The number of hydrogen-bond acceptors (Lipinski definition) is 3. The summed E-state index contributed by atoms with van der Waals surface area (Å²) in [7, 11) is 0. The van der Waals surface area contributed by atoms with Crippen molar-refractivity contribution in [2.24, 2.45) is 0 Å². The van der Waals surface area contributed by atoms with Crippen LogP contribution in [0.15, 0.2) is 36.9 Å². The molecule has 1 aliphatic carbocycles. The minimum Gasteiger partial charge on any atom is -0.310 e. The molecule has 1 N–H and O–H groups in total. The average Bonchev–Trinajstić information content (AvgIpc) is 2.99. The number of benzene rings is 1. The fourth-order valence-corrected chi connectivity index (χ4v) is 1.71. The van der Waals surface area contributed by atoms with Gasteiger partial charge in [0.1, 0.15) is 12.7 Å². The molecule has 0 spiro atoms. The van der Waals surface area contributed by atoms with Gasteiger partial charge in [-0.25, -0.2) is 0 Å². The number of nitrogens with one attached hydrogen (secondary N) is 1. The van der Waals surface area contributed by atoms with Crippen LogP contribution in [0, 0.1) is 0 Å². The fourth-order valence-electron chi connectivity index (χ4n) is 1.71. The molecule has 0 aliphatic heterocycles. The zero-order chi connectivity index (χ0) is 10.8. The summed E-state index contributed by atoms with van der Waals surface area (Å²) in [6, 6.07) is 9.18. The van der Waals surface area contributed by atoms with Crippen molar-refractivity contribution >= 4 is 0 Å². The predicted octanol–water partition coefficient (Wildman–Crippen LogP) is 1.52. The lowest BCUT2D eigenvalue weighted by atomic mass is 10.2. The first-order chi connectivity index (χ1) is 7.92. The van der Waals surface area contributed by atoms with Crippen LogP contribution in [0.1, 0.15) is 18.4 Å². The Morgan fingerprint density at radius 2 is 2.06 bits per heavy atom. The summed E-state index contributed by atoms with van der Waals surface area (Å²) in [5, 5.41) is 11.1. The monoisotopic (exact) mass is 214 g/mol. The zero-order valence-corrected chi connectivity index (χ0v) is 9.00. The molecule has 1 aliphatic rings. The van der Waals surface area contributed by atoms with Crippen LogP contribution in [0.2, 0.25) is 0 Å². The Balaban J connectivity index is 1.76. The van der Waals surface area contributed by atoms with Crippen molar-refractivity contribution in [3.8, 4) is 5.69 Å². The summed E-state index contributed by atoms with van der Waals surface area (Å²) < 4.78 is 1.92. The van der Waals surface area contributed by atoms with E-state index in [2.05, 4.69) is 39.8 Å². The highest BCUT2D eigenvalue weighted by molar-refractivity contribution is 5.35. The molecule has 82 valence electrons. The zero-order valence-electron chi connectivity index (χ0n) is 9.00. The molecule has 0 atom stereocenters. The van der Waals surface area contributed by atoms with E-state index in [4.69, 9.17) is 0 Å². The van der Waals surface area contributed by atoms with Gasteiger partial charge in [-0.2, -0.15) is 0 Å². The highest BCUT2D eigenvalue weighted by Gasteiger charge is 2.19. The van der Waals surface area contributed by atoms with Gasteiger partial charge in [-0.1, -0.05) is 12.1 Å². The van der Waals surface area contributed by atoms with Gasteiger partial charge in [0.25, 0.3) is 0 Å². The maximum absolute atomic E-state index is 3.81. The third-order valence-corrected chi connectivity index (χ3v) is 2.80. The van der Waals surface area contributed by atoms with E-state index in [1.54, 1.807) is 12.7 Å². The second-order valence-electron chi connectivity index (χ2n) is 4.19. The molecule has 3 rings (SSSR count). The lowest BCUT2D eigenvalue weighted by Gasteiger charge is -2.06. The maximum Gasteiger partial charge on any atom is 0.123 e. The highest BCUT2D eigenvalue weighted by Crippen LogP contribution is 2.19. The van der Waals surface area contributed by atoms with Crippen molar-refractivity contribution in [3.05, 3.63) is 42.5 Å². The molecule has 2 aromatic rings. The maximum atomic E-state index is 3.81. The van der Waals surface area contributed by atoms with E-state index in [1.807, 2.05) is 4.57 Å². The van der Waals surface area contributed by atoms with Gasteiger partial charge in [0, 0.05) is 18.3 Å². The molecule has 4 heteroatoms. The van der Waals surface area contributed by atoms with Gasteiger partial charge in [0.05, 0.1) is 0 Å². The van der Waals surface area contributed by atoms with E-state index in [-0.39, 0.29) is 0 Å². The molecule has 0 radical (unpaired) electrons. The molecule has 1 aromatic heterocycles. The standard InChI is InChI=1S/C12H14N4/c1-2-10(7-13-11-4-5-11)6-12(3-1)16-8-14-15-9-16/h1-3,6,8-9,11,13H,4-5,7H2. The molecule has 1 heterocycles. The summed E-state index contributed by atoms with van der Waals surface area (Å²) >= 11 is 0. The molecule has 1 fully saturated rings. The molecule has 0 bridgehead atoms. The molecule has 16 heavy (non-hydrogen) atoms. The quantitative estimate of drug-likeness (QED) is 0.839. The van der Waals surface area contributed by atoms with Crippen molar-refractivity contribution < 1.29 is 0 Å². The Hall–Kier alpha value is -1.68. The van der Waals surface area contributed by atoms with Gasteiger partial charge in [0.2, 0.25) is 0 Å². The highest BCUT2D eigenvalue weighted by atomic mass is 15.2. The molecule has 1 saturated carbocycles. The first kappa shape index (κ1) is 9.54. The largest absolute Gasteiger partial charge is 0.310 e. The molecular weight excluding hydrogens is 200 g/mol. The van der Waals surface area contributed by atoms with E-state index >= 15 is 0 Å². The van der Waals surface area contributed by atoms with Crippen molar-refractivity contribution in [1.29, 1.82) is 0 Å². The molecule has 1 aromatic carbocycles. The predicted molar refractivity (Wildman–Crippen MR) is 61.2 cm³/mol.